The fourth-order valence-corrected chi connectivity index (χ4v) is 5.55. The van der Waals surface area contributed by atoms with E-state index in [-0.39, 0.29) is 23.4 Å². The number of carbonyl (C=O) groups excluding carboxylic acids is 2. The third-order valence-corrected chi connectivity index (χ3v) is 7.74. The predicted octanol–water partition coefficient (Wildman–Crippen LogP) is 4.26. The van der Waals surface area contributed by atoms with Gasteiger partial charge in [0, 0.05) is 12.6 Å². The smallest absolute Gasteiger partial charge is 0.264 e. The number of anilines is 1. The molecule has 7 nitrogen and oxygen atoms in total. The lowest BCUT2D eigenvalue weighted by Gasteiger charge is -2.33. The SMILES string of the molecule is CC[C@@H](C(=O)NC(C)C)N(CCc1ccccc1)C(=O)CN(c1ccccc1)S(=O)(=O)c1ccccc1. The number of sulfonamides is 1. The monoisotopic (exact) mass is 521 g/mol. The lowest BCUT2D eigenvalue weighted by molar-refractivity contribution is -0.139. The Bertz CT molecular complexity index is 1250. The highest BCUT2D eigenvalue weighted by molar-refractivity contribution is 7.92. The van der Waals surface area contributed by atoms with Gasteiger partial charge in [0.25, 0.3) is 10.0 Å². The third kappa shape index (κ3) is 7.43. The van der Waals surface area contributed by atoms with Crippen LogP contribution in [0.1, 0.15) is 32.8 Å². The summed E-state index contributed by atoms with van der Waals surface area (Å²) in [5.74, 6) is -0.693. The summed E-state index contributed by atoms with van der Waals surface area (Å²) < 4.78 is 28.4. The number of carbonyl (C=O) groups is 2. The first-order chi connectivity index (χ1) is 17.7. The van der Waals surface area contributed by atoms with Crippen LogP contribution in [0.25, 0.3) is 0 Å². The van der Waals surface area contributed by atoms with Crippen molar-refractivity contribution in [3.63, 3.8) is 0 Å². The van der Waals surface area contributed by atoms with Crippen LogP contribution in [0, 0.1) is 0 Å². The van der Waals surface area contributed by atoms with Gasteiger partial charge in [0.05, 0.1) is 10.6 Å². The molecular weight excluding hydrogens is 486 g/mol. The van der Waals surface area contributed by atoms with Gasteiger partial charge in [-0.15, -0.1) is 0 Å². The minimum atomic E-state index is -4.04. The highest BCUT2D eigenvalue weighted by atomic mass is 32.2. The van der Waals surface area contributed by atoms with Crippen molar-refractivity contribution < 1.29 is 18.0 Å². The molecule has 3 aromatic carbocycles. The zero-order valence-electron chi connectivity index (χ0n) is 21.6. The average Bonchev–Trinajstić information content (AvgIpc) is 2.90. The zero-order chi connectivity index (χ0) is 26.8. The fourth-order valence-electron chi connectivity index (χ4n) is 4.12. The molecule has 1 N–H and O–H groups in total. The summed E-state index contributed by atoms with van der Waals surface area (Å²) in [6.07, 6.45) is 0.935. The second-order valence-electron chi connectivity index (χ2n) is 9.07. The van der Waals surface area contributed by atoms with Crippen molar-refractivity contribution in [1.29, 1.82) is 0 Å². The maximum Gasteiger partial charge on any atom is 0.264 e. The molecule has 0 aliphatic heterocycles. The number of rotatable bonds is 12. The van der Waals surface area contributed by atoms with Crippen LogP contribution in [0.3, 0.4) is 0 Å². The molecule has 0 saturated carbocycles. The molecule has 0 aliphatic rings. The summed E-state index contributed by atoms with van der Waals surface area (Å²) in [4.78, 5) is 28.5. The third-order valence-electron chi connectivity index (χ3n) is 5.96. The molecule has 196 valence electrons. The Kier molecular flexibility index (Phi) is 9.85. The van der Waals surface area contributed by atoms with Crippen molar-refractivity contribution in [1.82, 2.24) is 10.2 Å². The second kappa shape index (κ2) is 13.1. The first-order valence-electron chi connectivity index (χ1n) is 12.5. The molecule has 1 atom stereocenters. The Morgan fingerprint density at radius 3 is 1.92 bits per heavy atom. The van der Waals surface area contributed by atoms with Crippen molar-refractivity contribution in [2.75, 3.05) is 17.4 Å². The molecule has 0 aromatic heterocycles. The van der Waals surface area contributed by atoms with Gasteiger partial charge in [-0.1, -0.05) is 73.7 Å². The van der Waals surface area contributed by atoms with E-state index in [2.05, 4.69) is 5.32 Å². The molecule has 0 heterocycles. The van der Waals surface area contributed by atoms with E-state index in [0.717, 1.165) is 9.87 Å². The fraction of sp³-hybridized carbons (Fsp3) is 0.310. The Labute approximate surface area is 220 Å². The average molecular weight is 522 g/mol. The molecular formula is C29H35N3O4S. The minimum absolute atomic E-state index is 0.0899. The summed E-state index contributed by atoms with van der Waals surface area (Å²) in [7, 11) is -4.04. The van der Waals surface area contributed by atoms with E-state index in [9.17, 15) is 18.0 Å². The van der Waals surface area contributed by atoms with E-state index >= 15 is 0 Å². The standard InChI is InChI=1S/C29H35N3O4S/c1-4-27(29(34)30-23(2)3)31(21-20-24-14-8-5-9-15-24)28(33)22-32(25-16-10-6-11-17-25)37(35,36)26-18-12-7-13-19-26/h5-19,23,27H,4,20-22H2,1-3H3,(H,30,34)/t27-/m0/s1. The summed E-state index contributed by atoms with van der Waals surface area (Å²) in [5.41, 5.74) is 1.40. The lowest BCUT2D eigenvalue weighted by atomic mass is 10.1. The molecule has 0 saturated heterocycles. The summed E-state index contributed by atoms with van der Waals surface area (Å²) >= 11 is 0. The van der Waals surface area contributed by atoms with E-state index in [1.54, 1.807) is 48.5 Å². The zero-order valence-corrected chi connectivity index (χ0v) is 22.4. The minimum Gasteiger partial charge on any atom is -0.352 e. The van der Waals surface area contributed by atoms with Crippen molar-refractivity contribution in [3.05, 3.63) is 96.6 Å². The Morgan fingerprint density at radius 1 is 0.838 bits per heavy atom. The van der Waals surface area contributed by atoms with Crippen LogP contribution in [-0.2, 0) is 26.0 Å². The van der Waals surface area contributed by atoms with Gasteiger partial charge in [-0.05, 0) is 56.5 Å². The van der Waals surface area contributed by atoms with E-state index < -0.39 is 28.5 Å². The quantitative estimate of drug-likeness (QED) is 0.386. The normalized spacial score (nSPS) is 12.1. The van der Waals surface area contributed by atoms with Gasteiger partial charge in [-0.25, -0.2) is 8.42 Å². The predicted molar refractivity (Wildman–Crippen MR) is 147 cm³/mol. The number of nitrogens with zero attached hydrogens (tertiary/aromatic N) is 2. The summed E-state index contributed by atoms with van der Waals surface area (Å²) in [6.45, 7) is 5.43. The first-order valence-corrected chi connectivity index (χ1v) is 13.9. The number of hydrogen-bond acceptors (Lipinski definition) is 4. The lowest BCUT2D eigenvalue weighted by Crippen LogP contribution is -2.54. The summed E-state index contributed by atoms with van der Waals surface area (Å²) in [5, 5.41) is 2.90. The number of nitrogens with one attached hydrogen (secondary N) is 1. The molecule has 0 fully saturated rings. The molecule has 0 unspecified atom stereocenters. The van der Waals surface area contributed by atoms with Crippen LogP contribution in [0.5, 0.6) is 0 Å². The van der Waals surface area contributed by atoms with Crippen LogP contribution in [-0.4, -0.2) is 50.3 Å². The number of benzene rings is 3. The van der Waals surface area contributed by atoms with E-state index in [1.165, 1.54) is 17.0 Å². The Morgan fingerprint density at radius 2 is 1.38 bits per heavy atom. The van der Waals surface area contributed by atoms with Gasteiger partial charge in [-0.2, -0.15) is 0 Å². The molecule has 0 bridgehead atoms. The van der Waals surface area contributed by atoms with Crippen molar-refractivity contribution in [2.24, 2.45) is 0 Å². The maximum absolute atomic E-state index is 13.9. The summed E-state index contributed by atoms with van der Waals surface area (Å²) in [6, 6.07) is 25.5. The van der Waals surface area contributed by atoms with Gasteiger partial charge in [0.1, 0.15) is 12.6 Å². The van der Waals surface area contributed by atoms with Gasteiger partial charge in [0.2, 0.25) is 11.8 Å². The van der Waals surface area contributed by atoms with E-state index in [0.29, 0.717) is 18.5 Å². The van der Waals surface area contributed by atoms with Crippen molar-refractivity contribution in [2.45, 2.75) is 50.6 Å². The number of hydrogen-bond donors (Lipinski definition) is 1. The number of para-hydroxylation sites is 1. The van der Waals surface area contributed by atoms with Crippen LogP contribution < -0.4 is 9.62 Å². The van der Waals surface area contributed by atoms with Crippen molar-refractivity contribution in [3.8, 4) is 0 Å². The Hall–Kier alpha value is -3.65. The molecule has 3 aromatic rings. The molecule has 0 radical (unpaired) electrons. The molecule has 0 aliphatic carbocycles. The van der Waals surface area contributed by atoms with E-state index in [4.69, 9.17) is 0 Å². The topological polar surface area (TPSA) is 86.8 Å². The molecule has 2 amide bonds. The van der Waals surface area contributed by atoms with Gasteiger partial charge in [-0.3, -0.25) is 13.9 Å². The molecule has 3 rings (SSSR count). The highest BCUT2D eigenvalue weighted by Crippen LogP contribution is 2.24. The van der Waals surface area contributed by atoms with Gasteiger partial charge >= 0.3 is 0 Å². The second-order valence-corrected chi connectivity index (χ2v) is 10.9. The maximum atomic E-state index is 13.9. The van der Waals surface area contributed by atoms with Crippen molar-refractivity contribution >= 4 is 27.5 Å². The van der Waals surface area contributed by atoms with Crippen LogP contribution >= 0.6 is 0 Å². The van der Waals surface area contributed by atoms with E-state index in [1.807, 2.05) is 51.1 Å². The molecule has 37 heavy (non-hydrogen) atoms. The molecule has 8 heteroatoms. The van der Waals surface area contributed by atoms with Gasteiger partial charge in [0.15, 0.2) is 0 Å². The number of amides is 2. The largest absolute Gasteiger partial charge is 0.352 e. The van der Waals surface area contributed by atoms with Crippen LogP contribution in [0.15, 0.2) is 95.9 Å². The first kappa shape index (κ1) is 27.9. The van der Waals surface area contributed by atoms with Gasteiger partial charge < -0.3 is 10.2 Å². The highest BCUT2D eigenvalue weighted by Gasteiger charge is 2.33. The Balaban J connectivity index is 1.97. The van der Waals surface area contributed by atoms with Crippen LogP contribution in [0.2, 0.25) is 0 Å². The van der Waals surface area contributed by atoms with Crippen LogP contribution in [0.4, 0.5) is 5.69 Å². The molecule has 0 spiro atoms.